The highest BCUT2D eigenvalue weighted by molar-refractivity contribution is 5.81. The lowest BCUT2D eigenvalue weighted by molar-refractivity contribution is -0.127. The average Bonchev–Trinajstić information content (AvgIpc) is 2.43. The normalized spacial score (nSPS) is 29.2. The van der Waals surface area contributed by atoms with Gasteiger partial charge >= 0.3 is 0 Å². The molecule has 0 aromatic carbocycles. The number of amides is 1. The molecule has 0 aliphatic heterocycles. The Hall–Kier alpha value is -0.650. The summed E-state index contributed by atoms with van der Waals surface area (Å²) in [5.41, 5.74) is 0. The van der Waals surface area contributed by atoms with Gasteiger partial charge in [-0.15, -0.1) is 0 Å². The molecule has 0 heterocycles. The zero-order chi connectivity index (χ0) is 16.0. The highest BCUT2D eigenvalue weighted by Gasteiger charge is 2.30. The van der Waals surface area contributed by atoms with Crippen molar-refractivity contribution < 1.29 is 14.6 Å². The summed E-state index contributed by atoms with van der Waals surface area (Å²) in [5.74, 6) is 1.24. The number of aliphatic hydroxyl groups is 1. The third-order valence-corrected chi connectivity index (χ3v) is 4.93. The van der Waals surface area contributed by atoms with Crippen LogP contribution in [0.1, 0.15) is 40.0 Å². The second-order valence-electron chi connectivity index (χ2n) is 6.61. The van der Waals surface area contributed by atoms with Gasteiger partial charge in [0.15, 0.2) is 0 Å². The van der Waals surface area contributed by atoms with Crippen molar-refractivity contribution in [1.29, 1.82) is 0 Å². The number of likely N-dealkylation sites (N-methyl/N-ethyl adjacent to an activating group) is 1. The molecule has 0 saturated heterocycles. The first kappa shape index (κ1) is 18.4. The van der Waals surface area contributed by atoms with Gasteiger partial charge in [-0.2, -0.15) is 0 Å². The van der Waals surface area contributed by atoms with Crippen molar-refractivity contribution >= 4 is 5.91 Å². The summed E-state index contributed by atoms with van der Waals surface area (Å²) in [6.07, 6.45) is 2.95. The van der Waals surface area contributed by atoms with Crippen LogP contribution >= 0.6 is 0 Å². The summed E-state index contributed by atoms with van der Waals surface area (Å²) >= 11 is 0. The van der Waals surface area contributed by atoms with E-state index >= 15 is 0 Å². The van der Waals surface area contributed by atoms with Crippen LogP contribution < -0.4 is 5.32 Å². The number of nitrogens with zero attached hydrogens (tertiary/aromatic N) is 1. The highest BCUT2D eigenvalue weighted by Crippen LogP contribution is 2.29. The van der Waals surface area contributed by atoms with Crippen LogP contribution in [0.15, 0.2) is 0 Å². The van der Waals surface area contributed by atoms with Crippen molar-refractivity contribution in [3.05, 3.63) is 0 Å². The van der Waals surface area contributed by atoms with E-state index in [1.54, 1.807) is 7.11 Å². The number of rotatable bonds is 7. The van der Waals surface area contributed by atoms with E-state index in [0.29, 0.717) is 18.4 Å². The topological polar surface area (TPSA) is 61.8 Å². The van der Waals surface area contributed by atoms with Crippen molar-refractivity contribution in [1.82, 2.24) is 10.2 Å². The molecule has 1 fully saturated rings. The van der Waals surface area contributed by atoms with Gasteiger partial charge < -0.3 is 15.2 Å². The van der Waals surface area contributed by atoms with Gasteiger partial charge in [0.1, 0.15) is 0 Å². The number of methoxy groups -OCH3 is 1. The third kappa shape index (κ3) is 5.57. The Morgan fingerprint density at radius 1 is 1.43 bits per heavy atom. The summed E-state index contributed by atoms with van der Waals surface area (Å²) in [5, 5.41) is 12.9. The first-order chi connectivity index (χ1) is 9.86. The largest absolute Gasteiger partial charge is 0.389 e. The van der Waals surface area contributed by atoms with Gasteiger partial charge in [0, 0.05) is 19.7 Å². The molecule has 0 aromatic rings. The van der Waals surface area contributed by atoms with Gasteiger partial charge in [-0.3, -0.25) is 9.69 Å². The molecule has 5 nitrogen and oxygen atoms in total. The first-order valence-electron chi connectivity index (χ1n) is 8.04. The summed E-state index contributed by atoms with van der Waals surface area (Å²) in [4.78, 5) is 14.2. The zero-order valence-electron chi connectivity index (χ0n) is 14.1. The molecular weight excluding hydrogens is 268 g/mol. The molecule has 1 amide bonds. The fourth-order valence-corrected chi connectivity index (χ4v) is 3.02. The Bertz CT molecular complexity index is 325. The molecule has 21 heavy (non-hydrogen) atoms. The minimum absolute atomic E-state index is 0.0491. The predicted molar refractivity (Wildman–Crippen MR) is 84.1 cm³/mol. The second-order valence-corrected chi connectivity index (χ2v) is 6.61. The first-order valence-corrected chi connectivity index (χ1v) is 8.04. The maximum atomic E-state index is 12.4. The molecule has 1 aliphatic carbocycles. The third-order valence-electron chi connectivity index (χ3n) is 4.93. The second kappa shape index (κ2) is 8.71. The van der Waals surface area contributed by atoms with E-state index < -0.39 is 6.10 Å². The van der Waals surface area contributed by atoms with E-state index in [2.05, 4.69) is 19.2 Å². The van der Waals surface area contributed by atoms with Crippen LogP contribution in [-0.4, -0.2) is 61.4 Å². The van der Waals surface area contributed by atoms with Crippen molar-refractivity contribution in [3.63, 3.8) is 0 Å². The van der Waals surface area contributed by atoms with Crippen LogP contribution in [0.2, 0.25) is 0 Å². The SMILES string of the molecule is COCC(O)CN(C)C(C)C(=O)NC1CCCC(C)C1C. The Labute approximate surface area is 129 Å². The van der Waals surface area contributed by atoms with E-state index in [4.69, 9.17) is 4.74 Å². The highest BCUT2D eigenvalue weighted by atomic mass is 16.5. The van der Waals surface area contributed by atoms with Gasteiger partial charge in [-0.05, 0) is 32.2 Å². The average molecular weight is 300 g/mol. The molecule has 0 aromatic heterocycles. The Morgan fingerprint density at radius 2 is 2.10 bits per heavy atom. The number of ether oxygens (including phenoxy) is 1. The number of aliphatic hydroxyl groups excluding tert-OH is 1. The fourth-order valence-electron chi connectivity index (χ4n) is 3.02. The lowest BCUT2D eigenvalue weighted by atomic mass is 9.78. The maximum absolute atomic E-state index is 12.4. The number of hydrogen-bond donors (Lipinski definition) is 2. The smallest absolute Gasteiger partial charge is 0.237 e. The molecule has 0 spiro atoms. The number of nitrogens with one attached hydrogen (secondary N) is 1. The summed E-state index contributed by atoms with van der Waals surface area (Å²) < 4.78 is 4.91. The maximum Gasteiger partial charge on any atom is 0.237 e. The van der Waals surface area contributed by atoms with E-state index in [0.717, 1.165) is 6.42 Å². The molecule has 1 saturated carbocycles. The molecule has 2 N–H and O–H groups in total. The Balaban J connectivity index is 2.46. The Morgan fingerprint density at radius 3 is 2.71 bits per heavy atom. The van der Waals surface area contributed by atoms with Gasteiger partial charge in [-0.25, -0.2) is 0 Å². The fraction of sp³-hybridized carbons (Fsp3) is 0.938. The van der Waals surface area contributed by atoms with Crippen molar-refractivity contribution in [2.24, 2.45) is 11.8 Å². The summed E-state index contributed by atoms with van der Waals surface area (Å²) in [6, 6.07) is 0.0296. The van der Waals surface area contributed by atoms with Gasteiger partial charge in [0.25, 0.3) is 0 Å². The molecule has 124 valence electrons. The molecular formula is C16H32N2O3. The van der Waals surface area contributed by atoms with Crippen LogP contribution in [0.4, 0.5) is 0 Å². The van der Waals surface area contributed by atoms with Gasteiger partial charge in [0.2, 0.25) is 5.91 Å². The van der Waals surface area contributed by atoms with Gasteiger partial charge in [0.05, 0.1) is 18.8 Å². The van der Waals surface area contributed by atoms with E-state index in [9.17, 15) is 9.90 Å². The quantitative estimate of drug-likeness (QED) is 0.743. The molecule has 5 heteroatoms. The van der Waals surface area contributed by atoms with E-state index in [-0.39, 0.29) is 24.6 Å². The number of hydrogen-bond acceptors (Lipinski definition) is 4. The molecule has 0 radical (unpaired) electrons. The lowest BCUT2D eigenvalue weighted by Gasteiger charge is -2.36. The van der Waals surface area contributed by atoms with E-state index in [1.165, 1.54) is 12.8 Å². The minimum Gasteiger partial charge on any atom is -0.389 e. The number of carbonyl (C=O) groups excluding carboxylic acids is 1. The molecule has 5 atom stereocenters. The van der Waals surface area contributed by atoms with Crippen molar-refractivity contribution in [2.45, 2.75) is 58.2 Å². The predicted octanol–water partition coefficient (Wildman–Crippen LogP) is 1.25. The lowest BCUT2D eigenvalue weighted by Crippen LogP contribution is -2.51. The van der Waals surface area contributed by atoms with Crippen LogP contribution in [0, 0.1) is 11.8 Å². The summed E-state index contributed by atoms with van der Waals surface area (Å²) in [7, 11) is 3.42. The zero-order valence-corrected chi connectivity index (χ0v) is 14.1. The Kier molecular flexibility index (Phi) is 7.63. The molecule has 5 unspecified atom stereocenters. The molecule has 0 bridgehead atoms. The summed E-state index contributed by atoms with van der Waals surface area (Å²) in [6.45, 7) is 7.09. The van der Waals surface area contributed by atoms with Crippen LogP contribution in [0.5, 0.6) is 0 Å². The molecule has 1 aliphatic rings. The molecule has 1 rings (SSSR count). The van der Waals surface area contributed by atoms with E-state index in [1.807, 2.05) is 18.9 Å². The van der Waals surface area contributed by atoms with Crippen LogP contribution in [-0.2, 0) is 9.53 Å². The standard InChI is InChI=1S/C16H32N2O3/c1-11-7-6-8-15(12(11)2)17-16(20)13(3)18(4)9-14(19)10-21-5/h11-15,19H,6-10H2,1-5H3,(H,17,20). The monoisotopic (exact) mass is 300 g/mol. The van der Waals surface area contributed by atoms with Crippen molar-refractivity contribution in [3.8, 4) is 0 Å². The minimum atomic E-state index is -0.566. The van der Waals surface area contributed by atoms with Gasteiger partial charge in [-0.1, -0.05) is 26.7 Å². The van der Waals surface area contributed by atoms with Crippen molar-refractivity contribution in [2.75, 3.05) is 27.3 Å². The van der Waals surface area contributed by atoms with Crippen LogP contribution in [0.3, 0.4) is 0 Å². The number of carbonyl (C=O) groups is 1. The van der Waals surface area contributed by atoms with Crippen LogP contribution in [0.25, 0.3) is 0 Å².